The number of halogens is 2. The lowest BCUT2D eigenvalue weighted by molar-refractivity contribution is -0.137. The number of nitrogens with zero attached hydrogens (tertiary/aromatic N) is 5. The Labute approximate surface area is 215 Å². The van der Waals surface area contributed by atoms with Crippen molar-refractivity contribution in [3.8, 4) is 11.8 Å². The molecule has 192 valence electrons. The van der Waals surface area contributed by atoms with Gasteiger partial charge in [0.1, 0.15) is 11.2 Å². The zero-order chi connectivity index (χ0) is 27.2. The summed E-state index contributed by atoms with van der Waals surface area (Å²) >= 11 is 0. The van der Waals surface area contributed by atoms with Gasteiger partial charge in [0.05, 0.1) is 6.42 Å². The molecule has 0 spiro atoms. The molecule has 2 saturated heterocycles. The van der Waals surface area contributed by atoms with Gasteiger partial charge in [-0.1, -0.05) is 30.0 Å². The minimum Gasteiger partial charge on any atom is -0.307 e. The van der Waals surface area contributed by atoms with Gasteiger partial charge in [-0.05, 0) is 37.3 Å². The molecule has 0 saturated carbocycles. The lowest BCUT2D eigenvalue weighted by atomic mass is 9.88. The number of fused-ring (bicyclic) bond motifs is 1. The lowest BCUT2D eigenvalue weighted by Crippen LogP contribution is -2.73. The standard InChI is InChI=1S/C27H21F2N5O4/c1-27-16-23(36)34(24-19(28)14-18(15-20(24)29)9-8-17-6-4-3-5-7-17)26(38)33(27)13-12-32(25(27)37)21-10-11-22(35)31(2)30-21/h3-7,10-11,14-15H,12-13,16H2,1-2H3. The fraction of sp³-hybridized carbons (Fsp3) is 0.222. The fourth-order valence-corrected chi connectivity index (χ4v) is 4.62. The molecule has 0 aliphatic carbocycles. The molecule has 2 fully saturated rings. The van der Waals surface area contributed by atoms with Crippen LogP contribution in [0.25, 0.3) is 0 Å². The Kier molecular flexibility index (Phi) is 6.03. The molecule has 2 aliphatic rings. The number of imide groups is 1. The molecule has 0 radical (unpaired) electrons. The number of hydrogen-bond acceptors (Lipinski definition) is 5. The van der Waals surface area contributed by atoms with Gasteiger partial charge in [-0.25, -0.2) is 23.2 Å². The fourth-order valence-electron chi connectivity index (χ4n) is 4.62. The van der Waals surface area contributed by atoms with E-state index in [-0.39, 0.29) is 30.0 Å². The van der Waals surface area contributed by atoms with E-state index in [0.29, 0.717) is 10.5 Å². The minimum atomic E-state index is -1.60. The van der Waals surface area contributed by atoms with Gasteiger partial charge in [-0.2, -0.15) is 5.10 Å². The Morgan fingerprint density at radius 2 is 1.55 bits per heavy atom. The van der Waals surface area contributed by atoms with Crippen LogP contribution in [0.15, 0.2) is 59.4 Å². The quantitative estimate of drug-likeness (QED) is 0.487. The largest absolute Gasteiger partial charge is 0.332 e. The first-order valence-electron chi connectivity index (χ1n) is 11.7. The van der Waals surface area contributed by atoms with Crippen molar-refractivity contribution in [1.82, 2.24) is 14.7 Å². The van der Waals surface area contributed by atoms with Gasteiger partial charge >= 0.3 is 6.03 Å². The second-order valence-electron chi connectivity index (χ2n) is 9.13. The van der Waals surface area contributed by atoms with Crippen molar-refractivity contribution >= 4 is 29.4 Å². The molecule has 4 amide bonds. The van der Waals surface area contributed by atoms with Crippen LogP contribution in [-0.2, 0) is 16.6 Å². The van der Waals surface area contributed by atoms with E-state index in [9.17, 15) is 19.2 Å². The molecule has 1 unspecified atom stereocenters. The van der Waals surface area contributed by atoms with Crippen LogP contribution in [0, 0.1) is 23.5 Å². The van der Waals surface area contributed by atoms with Crippen molar-refractivity contribution in [2.24, 2.45) is 7.05 Å². The minimum absolute atomic E-state index is 0.00632. The molecule has 1 atom stereocenters. The summed E-state index contributed by atoms with van der Waals surface area (Å²) in [6.45, 7) is 1.40. The van der Waals surface area contributed by atoms with E-state index in [1.165, 1.54) is 31.0 Å². The summed E-state index contributed by atoms with van der Waals surface area (Å²) in [5, 5.41) is 4.08. The number of aryl methyl sites for hydroxylation is 1. The predicted octanol–water partition coefficient (Wildman–Crippen LogP) is 2.42. The number of amides is 4. The highest BCUT2D eigenvalue weighted by Gasteiger charge is 2.56. The number of aromatic nitrogens is 2. The van der Waals surface area contributed by atoms with Crippen LogP contribution in [0.5, 0.6) is 0 Å². The van der Waals surface area contributed by atoms with Crippen LogP contribution in [0.3, 0.4) is 0 Å². The van der Waals surface area contributed by atoms with E-state index in [2.05, 4.69) is 16.9 Å². The zero-order valence-electron chi connectivity index (χ0n) is 20.4. The molecule has 3 heterocycles. The highest BCUT2D eigenvalue weighted by molar-refractivity contribution is 6.20. The number of piperazine rings is 1. The Morgan fingerprint density at radius 1 is 0.895 bits per heavy atom. The smallest absolute Gasteiger partial charge is 0.307 e. The van der Waals surface area contributed by atoms with Crippen LogP contribution in [0.2, 0.25) is 0 Å². The molecular weight excluding hydrogens is 496 g/mol. The van der Waals surface area contributed by atoms with E-state index in [0.717, 1.165) is 21.7 Å². The molecule has 0 bridgehead atoms. The topological polar surface area (TPSA) is 95.8 Å². The van der Waals surface area contributed by atoms with Crippen LogP contribution < -0.4 is 15.4 Å². The van der Waals surface area contributed by atoms with Crippen molar-refractivity contribution in [1.29, 1.82) is 0 Å². The summed E-state index contributed by atoms with van der Waals surface area (Å²) in [6.07, 6.45) is -0.506. The zero-order valence-corrected chi connectivity index (χ0v) is 20.4. The van der Waals surface area contributed by atoms with E-state index >= 15 is 8.78 Å². The highest BCUT2D eigenvalue weighted by Crippen LogP contribution is 2.37. The molecule has 11 heteroatoms. The lowest BCUT2D eigenvalue weighted by Gasteiger charge is -2.51. The number of benzene rings is 2. The second-order valence-corrected chi connectivity index (χ2v) is 9.13. The van der Waals surface area contributed by atoms with Crippen molar-refractivity contribution in [2.45, 2.75) is 18.9 Å². The number of urea groups is 1. The third-order valence-electron chi connectivity index (χ3n) is 6.60. The SMILES string of the molecule is Cn1nc(N2CCN3C(=O)N(c4c(F)cc(C#Cc5ccccc5)cc4F)C(=O)CC3(C)C2=O)ccc1=O. The van der Waals surface area contributed by atoms with E-state index in [1.807, 2.05) is 6.07 Å². The second kappa shape index (κ2) is 9.23. The average Bonchev–Trinajstić information content (AvgIpc) is 2.88. The van der Waals surface area contributed by atoms with Gasteiger partial charge in [0.25, 0.3) is 11.5 Å². The average molecular weight is 517 g/mol. The maximum absolute atomic E-state index is 15.1. The number of rotatable bonds is 2. The number of carbonyl (C=O) groups is 3. The van der Waals surface area contributed by atoms with E-state index in [1.54, 1.807) is 24.3 Å². The molecule has 3 aromatic rings. The summed E-state index contributed by atoms with van der Waals surface area (Å²) in [5.41, 5.74) is -2.11. The van der Waals surface area contributed by atoms with Crippen LogP contribution >= 0.6 is 0 Å². The maximum atomic E-state index is 15.1. The Hall–Kier alpha value is -4.85. The van der Waals surface area contributed by atoms with Crippen molar-refractivity contribution in [3.63, 3.8) is 0 Å². The van der Waals surface area contributed by atoms with E-state index in [4.69, 9.17) is 0 Å². The van der Waals surface area contributed by atoms with Crippen molar-refractivity contribution in [3.05, 3.63) is 87.7 Å². The van der Waals surface area contributed by atoms with Gasteiger partial charge < -0.3 is 4.90 Å². The number of hydrogen-bond donors (Lipinski definition) is 0. The van der Waals surface area contributed by atoms with Crippen molar-refractivity contribution in [2.75, 3.05) is 22.9 Å². The Bertz CT molecular complexity index is 1590. The van der Waals surface area contributed by atoms with Gasteiger partial charge in [-0.3, -0.25) is 19.3 Å². The van der Waals surface area contributed by atoms with Crippen molar-refractivity contribution < 1.29 is 23.2 Å². The first kappa shape index (κ1) is 24.8. The predicted molar refractivity (Wildman–Crippen MR) is 133 cm³/mol. The summed E-state index contributed by atoms with van der Waals surface area (Å²) in [5.74, 6) is 1.87. The number of anilines is 2. The molecular formula is C27H21F2N5O4. The van der Waals surface area contributed by atoms with Gasteiger partial charge in [0.15, 0.2) is 17.5 Å². The van der Waals surface area contributed by atoms with Crippen LogP contribution in [0.1, 0.15) is 24.5 Å². The Balaban J connectivity index is 1.44. The normalized spacial score (nSPS) is 19.3. The molecule has 5 rings (SSSR count). The van der Waals surface area contributed by atoms with Gasteiger partial charge in [-0.15, -0.1) is 0 Å². The van der Waals surface area contributed by atoms with Gasteiger partial charge in [0, 0.05) is 37.3 Å². The third-order valence-corrected chi connectivity index (χ3v) is 6.60. The molecule has 2 aliphatic heterocycles. The van der Waals surface area contributed by atoms with Crippen LogP contribution in [0.4, 0.5) is 25.1 Å². The monoisotopic (exact) mass is 517 g/mol. The third kappa shape index (κ3) is 4.10. The van der Waals surface area contributed by atoms with E-state index < -0.39 is 47.1 Å². The molecule has 38 heavy (non-hydrogen) atoms. The maximum Gasteiger partial charge on any atom is 0.332 e. The summed E-state index contributed by atoms with van der Waals surface area (Å²) in [4.78, 5) is 54.5. The summed E-state index contributed by atoms with van der Waals surface area (Å²) in [6, 6.07) is 12.4. The number of carbonyl (C=O) groups excluding carboxylic acids is 3. The molecule has 9 nitrogen and oxygen atoms in total. The van der Waals surface area contributed by atoms with Crippen LogP contribution in [-0.4, -0.2) is 51.2 Å². The Morgan fingerprint density at radius 3 is 2.21 bits per heavy atom. The summed E-state index contributed by atoms with van der Waals surface area (Å²) < 4.78 is 31.3. The highest BCUT2D eigenvalue weighted by atomic mass is 19.1. The molecule has 2 aromatic carbocycles. The first-order chi connectivity index (χ1) is 18.1. The van der Waals surface area contributed by atoms with Gasteiger partial charge in [0.2, 0.25) is 5.91 Å². The molecule has 0 N–H and O–H groups in total. The molecule has 1 aromatic heterocycles. The summed E-state index contributed by atoms with van der Waals surface area (Å²) in [7, 11) is 1.43. The first-order valence-corrected chi connectivity index (χ1v) is 11.7.